The van der Waals surface area contributed by atoms with Gasteiger partial charge in [0.25, 0.3) is 5.91 Å². The van der Waals surface area contributed by atoms with Crippen LogP contribution in [0.5, 0.6) is 0 Å². The minimum atomic E-state index is -0.547. The molecule has 4 rings (SSSR count). The number of ether oxygens (including phenoxy) is 1. The predicted octanol–water partition coefficient (Wildman–Crippen LogP) is 0.223. The number of anilines is 1. The summed E-state index contributed by atoms with van der Waals surface area (Å²) in [5, 5.41) is 0. The number of piperazine rings is 1. The number of primary amides is 1. The number of morpholine rings is 1. The van der Waals surface area contributed by atoms with Crippen LogP contribution in [0.3, 0.4) is 0 Å². The van der Waals surface area contributed by atoms with Crippen LogP contribution in [0.4, 0.5) is 5.82 Å². The highest BCUT2D eigenvalue weighted by molar-refractivity contribution is 5.97. The van der Waals surface area contributed by atoms with Gasteiger partial charge in [0.05, 0.1) is 19.8 Å². The molecular formula is C21H26N6O3. The zero-order chi connectivity index (χ0) is 20.9. The van der Waals surface area contributed by atoms with E-state index >= 15 is 0 Å². The summed E-state index contributed by atoms with van der Waals surface area (Å²) in [6.07, 6.45) is 1.50. The van der Waals surface area contributed by atoms with Gasteiger partial charge in [-0.15, -0.1) is 0 Å². The van der Waals surface area contributed by atoms with E-state index in [-0.39, 0.29) is 5.91 Å². The van der Waals surface area contributed by atoms with Gasteiger partial charge in [-0.1, -0.05) is 30.3 Å². The molecule has 0 bridgehead atoms. The first-order valence-corrected chi connectivity index (χ1v) is 10.2. The third kappa shape index (κ3) is 4.58. The molecule has 30 heavy (non-hydrogen) atoms. The van der Waals surface area contributed by atoms with E-state index in [0.29, 0.717) is 76.2 Å². The van der Waals surface area contributed by atoms with Crippen LogP contribution in [0.15, 0.2) is 36.5 Å². The Morgan fingerprint density at radius 3 is 2.37 bits per heavy atom. The number of carbonyl (C=O) groups excluding carboxylic acids is 2. The van der Waals surface area contributed by atoms with Gasteiger partial charge in [-0.2, -0.15) is 0 Å². The van der Waals surface area contributed by atoms with Crippen molar-refractivity contribution in [2.24, 2.45) is 5.73 Å². The number of benzene rings is 1. The number of hydrogen-bond acceptors (Lipinski definition) is 7. The fourth-order valence-electron chi connectivity index (χ4n) is 3.74. The largest absolute Gasteiger partial charge is 0.378 e. The molecule has 2 aliphatic heterocycles. The summed E-state index contributed by atoms with van der Waals surface area (Å²) in [6, 6.07) is 9.63. The van der Waals surface area contributed by atoms with Crippen molar-refractivity contribution >= 4 is 17.6 Å². The lowest BCUT2D eigenvalue weighted by molar-refractivity contribution is -0.136. The Morgan fingerprint density at radius 1 is 1.00 bits per heavy atom. The minimum Gasteiger partial charge on any atom is -0.378 e. The van der Waals surface area contributed by atoms with E-state index in [2.05, 4.69) is 14.9 Å². The molecule has 2 saturated heterocycles. The molecule has 2 N–H and O–H groups in total. The molecule has 0 atom stereocenters. The minimum absolute atomic E-state index is 0.137. The average molecular weight is 410 g/mol. The third-order valence-corrected chi connectivity index (χ3v) is 5.46. The summed E-state index contributed by atoms with van der Waals surface area (Å²) in [4.78, 5) is 39.5. The Kier molecular flexibility index (Phi) is 6.20. The Labute approximate surface area is 175 Å². The second-order valence-corrected chi connectivity index (χ2v) is 7.42. The molecule has 9 heteroatoms. The van der Waals surface area contributed by atoms with E-state index < -0.39 is 5.91 Å². The van der Waals surface area contributed by atoms with Gasteiger partial charge in [-0.25, -0.2) is 9.97 Å². The first-order valence-electron chi connectivity index (χ1n) is 10.2. The lowest BCUT2D eigenvalue weighted by atomic mass is 10.2. The van der Waals surface area contributed by atoms with Gasteiger partial charge >= 0.3 is 0 Å². The maximum atomic E-state index is 12.5. The van der Waals surface area contributed by atoms with Crippen LogP contribution in [-0.2, 0) is 9.53 Å². The molecule has 9 nitrogen and oxygen atoms in total. The Bertz CT molecular complexity index is 893. The number of hydrogen-bond donors (Lipinski definition) is 1. The van der Waals surface area contributed by atoms with E-state index in [1.807, 2.05) is 40.1 Å². The van der Waals surface area contributed by atoms with Crippen molar-refractivity contribution in [1.29, 1.82) is 0 Å². The van der Waals surface area contributed by atoms with E-state index in [4.69, 9.17) is 10.5 Å². The van der Waals surface area contributed by atoms with Gasteiger partial charge < -0.3 is 20.3 Å². The fraction of sp³-hybridized carbons (Fsp3) is 0.429. The summed E-state index contributed by atoms with van der Waals surface area (Å²) in [7, 11) is 0. The molecule has 2 fully saturated rings. The molecule has 2 aromatic rings. The zero-order valence-electron chi connectivity index (χ0n) is 16.9. The van der Waals surface area contributed by atoms with E-state index in [0.717, 1.165) is 5.56 Å². The number of nitrogens with zero attached hydrogens (tertiary/aromatic N) is 5. The highest BCUT2D eigenvalue weighted by Gasteiger charge is 2.26. The van der Waals surface area contributed by atoms with Crippen LogP contribution >= 0.6 is 0 Å². The summed E-state index contributed by atoms with van der Waals surface area (Å²) < 4.78 is 5.31. The van der Waals surface area contributed by atoms with Crippen molar-refractivity contribution in [3.63, 3.8) is 0 Å². The summed E-state index contributed by atoms with van der Waals surface area (Å²) >= 11 is 0. The van der Waals surface area contributed by atoms with Crippen LogP contribution in [0.2, 0.25) is 0 Å². The zero-order valence-corrected chi connectivity index (χ0v) is 16.9. The summed E-state index contributed by atoms with van der Waals surface area (Å²) in [5.41, 5.74) is 6.76. The molecule has 1 aromatic heterocycles. The van der Waals surface area contributed by atoms with Crippen LogP contribution in [-0.4, -0.2) is 90.6 Å². The number of carbonyl (C=O) groups is 2. The van der Waals surface area contributed by atoms with Crippen molar-refractivity contribution in [1.82, 2.24) is 19.8 Å². The number of aromatic nitrogens is 2. The van der Waals surface area contributed by atoms with Crippen molar-refractivity contribution in [2.75, 3.05) is 63.9 Å². The second-order valence-electron chi connectivity index (χ2n) is 7.42. The van der Waals surface area contributed by atoms with Gasteiger partial charge in [0.2, 0.25) is 5.91 Å². The predicted molar refractivity (Wildman–Crippen MR) is 112 cm³/mol. The first kappa shape index (κ1) is 20.2. The van der Waals surface area contributed by atoms with E-state index in [1.165, 1.54) is 6.20 Å². The smallest absolute Gasteiger partial charge is 0.254 e. The highest BCUT2D eigenvalue weighted by atomic mass is 16.5. The molecule has 0 spiro atoms. The molecule has 1 aromatic carbocycles. The molecular weight excluding hydrogens is 384 g/mol. The molecule has 0 unspecified atom stereocenters. The van der Waals surface area contributed by atoms with Crippen LogP contribution in [0, 0.1) is 0 Å². The third-order valence-electron chi connectivity index (χ3n) is 5.46. The monoisotopic (exact) mass is 410 g/mol. The van der Waals surface area contributed by atoms with Gasteiger partial charge in [-0.3, -0.25) is 14.5 Å². The number of rotatable bonds is 5. The van der Waals surface area contributed by atoms with Gasteiger partial charge in [0.1, 0.15) is 11.4 Å². The maximum absolute atomic E-state index is 12.5. The number of amides is 2. The van der Waals surface area contributed by atoms with Crippen molar-refractivity contribution in [2.45, 2.75) is 0 Å². The van der Waals surface area contributed by atoms with Gasteiger partial charge in [0, 0.05) is 51.0 Å². The lowest BCUT2D eigenvalue weighted by Crippen LogP contribution is -2.52. The Hall–Kier alpha value is -3.04. The molecule has 2 amide bonds. The Morgan fingerprint density at radius 2 is 1.70 bits per heavy atom. The van der Waals surface area contributed by atoms with Crippen LogP contribution < -0.4 is 10.6 Å². The van der Waals surface area contributed by atoms with Crippen LogP contribution in [0.1, 0.15) is 10.4 Å². The number of nitrogens with two attached hydrogens (primary N) is 1. The summed E-state index contributed by atoms with van der Waals surface area (Å²) in [5.74, 6) is 0.698. The van der Waals surface area contributed by atoms with Crippen molar-refractivity contribution < 1.29 is 14.3 Å². The molecule has 2 aliphatic rings. The second kappa shape index (κ2) is 9.19. The maximum Gasteiger partial charge on any atom is 0.254 e. The van der Waals surface area contributed by atoms with Gasteiger partial charge in [-0.05, 0) is 0 Å². The molecule has 0 radical (unpaired) electrons. The molecule has 0 saturated carbocycles. The van der Waals surface area contributed by atoms with E-state index in [9.17, 15) is 9.59 Å². The van der Waals surface area contributed by atoms with Crippen molar-refractivity contribution in [3.8, 4) is 11.4 Å². The summed E-state index contributed by atoms with van der Waals surface area (Å²) in [6.45, 7) is 5.64. The average Bonchev–Trinajstić information content (AvgIpc) is 2.80. The first-order chi connectivity index (χ1) is 14.6. The fourth-order valence-corrected chi connectivity index (χ4v) is 3.74. The quantitative estimate of drug-likeness (QED) is 0.752. The molecule has 158 valence electrons. The normalized spacial score (nSPS) is 17.7. The standard InChI is InChI=1S/C21H26N6O3/c22-19(29)17-14-23-20(16-4-2-1-3-5-16)24-21(17)27-8-6-25(7-9-27)15-18(28)26-10-12-30-13-11-26/h1-5,14H,6-13,15H2,(H2,22,29). The molecule has 3 heterocycles. The van der Waals surface area contributed by atoms with E-state index in [1.54, 1.807) is 0 Å². The SMILES string of the molecule is NC(=O)c1cnc(-c2ccccc2)nc1N1CCN(CC(=O)N2CCOCC2)CC1. The lowest BCUT2D eigenvalue weighted by Gasteiger charge is -2.37. The van der Waals surface area contributed by atoms with Crippen LogP contribution in [0.25, 0.3) is 11.4 Å². The Balaban J connectivity index is 1.44. The van der Waals surface area contributed by atoms with Crippen molar-refractivity contribution in [3.05, 3.63) is 42.1 Å². The van der Waals surface area contributed by atoms with Gasteiger partial charge in [0.15, 0.2) is 5.82 Å². The topological polar surface area (TPSA) is 105 Å². The molecule has 0 aliphatic carbocycles. The highest BCUT2D eigenvalue weighted by Crippen LogP contribution is 2.23.